The topological polar surface area (TPSA) is 75.6 Å². The van der Waals surface area contributed by atoms with Gasteiger partial charge in [0.15, 0.2) is 9.84 Å². The predicted octanol–water partition coefficient (Wildman–Crippen LogP) is 3.56. The van der Waals surface area contributed by atoms with Gasteiger partial charge in [-0.25, -0.2) is 8.42 Å². The Hall–Kier alpha value is -1.76. The van der Waals surface area contributed by atoms with Crippen LogP contribution in [0.2, 0.25) is 5.02 Å². The van der Waals surface area contributed by atoms with Gasteiger partial charge in [-0.1, -0.05) is 42.8 Å². The summed E-state index contributed by atoms with van der Waals surface area (Å²) in [5, 5.41) is 13.5. The summed E-state index contributed by atoms with van der Waals surface area (Å²) in [6.45, 7) is 2.32. The first-order valence-electron chi connectivity index (χ1n) is 8.12. The minimum absolute atomic E-state index is 0.0141. The fourth-order valence-electron chi connectivity index (χ4n) is 2.92. The van der Waals surface area contributed by atoms with Gasteiger partial charge in [0.2, 0.25) is 0 Å². The van der Waals surface area contributed by atoms with E-state index in [1.165, 1.54) is 0 Å². The molecule has 1 aliphatic rings. The molecule has 0 saturated heterocycles. The van der Waals surface area contributed by atoms with Crippen LogP contribution in [0.1, 0.15) is 30.6 Å². The van der Waals surface area contributed by atoms with Crippen LogP contribution < -0.4 is 10.1 Å². The van der Waals surface area contributed by atoms with Crippen molar-refractivity contribution in [1.82, 2.24) is 0 Å². The summed E-state index contributed by atoms with van der Waals surface area (Å²) in [7, 11) is -3.43. The molecule has 0 bridgehead atoms. The largest absolute Gasteiger partial charge is 0.491 e. The van der Waals surface area contributed by atoms with Crippen molar-refractivity contribution >= 4 is 27.1 Å². The quantitative estimate of drug-likeness (QED) is 0.828. The Kier molecular flexibility index (Phi) is 5.22. The Bertz CT molecular complexity index is 883. The molecule has 0 aliphatic carbocycles. The molecule has 0 saturated carbocycles. The number of ether oxygens (including phenoxy) is 1. The third-order valence-electron chi connectivity index (χ3n) is 4.25. The first-order chi connectivity index (χ1) is 11.9. The summed E-state index contributed by atoms with van der Waals surface area (Å²) < 4.78 is 30.4. The van der Waals surface area contributed by atoms with Crippen molar-refractivity contribution in [2.24, 2.45) is 0 Å². The summed E-state index contributed by atoms with van der Waals surface area (Å²) in [6, 6.07) is 10.6. The van der Waals surface area contributed by atoms with Crippen LogP contribution in [-0.2, 0) is 16.4 Å². The van der Waals surface area contributed by atoms with Gasteiger partial charge in [0.05, 0.1) is 34.1 Å². The van der Waals surface area contributed by atoms with E-state index in [9.17, 15) is 13.5 Å². The van der Waals surface area contributed by atoms with E-state index in [0.717, 1.165) is 11.3 Å². The molecule has 0 radical (unpaired) electrons. The monoisotopic (exact) mass is 381 g/mol. The average Bonchev–Trinajstić information content (AvgIpc) is 2.60. The zero-order chi connectivity index (χ0) is 18.0. The second-order valence-electron chi connectivity index (χ2n) is 5.86. The number of benzene rings is 2. The second-order valence-corrected chi connectivity index (χ2v) is 8.48. The van der Waals surface area contributed by atoms with Crippen LogP contribution in [0.4, 0.5) is 5.69 Å². The third-order valence-corrected chi connectivity index (χ3v) is 6.54. The molecular formula is C18H20ClNO4S. The highest BCUT2D eigenvalue weighted by Crippen LogP contribution is 2.38. The number of sulfone groups is 1. The molecule has 2 aromatic rings. The van der Waals surface area contributed by atoms with Crippen molar-refractivity contribution in [1.29, 1.82) is 0 Å². The van der Waals surface area contributed by atoms with Gasteiger partial charge >= 0.3 is 0 Å². The number of rotatable bonds is 5. The molecule has 5 nitrogen and oxygen atoms in total. The highest BCUT2D eigenvalue weighted by molar-refractivity contribution is 7.91. The maximum atomic E-state index is 12.4. The van der Waals surface area contributed by atoms with Crippen LogP contribution in [0, 0.1) is 0 Å². The Morgan fingerprint density at radius 1 is 1.28 bits per heavy atom. The molecule has 3 rings (SSSR count). The van der Waals surface area contributed by atoms with E-state index < -0.39 is 15.9 Å². The van der Waals surface area contributed by atoms with Crippen molar-refractivity contribution < 1.29 is 18.3 Å². The van der Waals surface area contributed by atoms with Gasteiger partial charge in [-0.3, -0.25) is 0 Å². The van der Waals surface area contributed by atoms with Gasteiger partial charge < -0.3 is 15.2 Å². The lowest BCUT2D eigenvalue weighted by molar-refractivity contribution is 0.116. The van der Waals surface area contributed by atoms with Gasteiger partial charge in [0.25, 0.3) is 0 Å². The summed E-state index contributed by atoms with van der Waals surface area (Å²) in [6.07, 6.45) is 0.0107. The van der Waals surface area contributed by atoms with Crippen molar-refractivity contribution in [2.75, 3.05) is 17.7 Å². The molecule has 2 N–H and O–H groups in total. The van der Waals surface area contributed by atoms with Gasteiger partial charge in [-0.05, 0) is 17.7 Å². The lowest BCUT2D eigenvalue weighted by Gasteiger charge is -2.25. The zero-order valence-corrected chi connectivity index (χ0v) is 15.4. The van der Waals surface area contributed by atoms with Crippen LogP contribution in [0.5, 0.6) is 5.75 Å². The smallest absolute Gasteiger partial charge is 0.179 e. The summed E-state index contributed by atoms with van der Waals surface area (Å²) in [5.41, 5.74) is 2.06. The molecule has 134 valence electrons. The molecular weight excluding hydrogens is 362 g/mol. The van der Waals surface area contributed by atoms with Gasteiger partial charge in [0, 0.05) is 18.5 Å². The Morgan fingerprint density at radius 2 is 2.04 bits per heavy atom. The highest BCUT2D eigenvalue weighted by Gasteiger charge is 2.23. The summed E-state index contributed by atoms with van der Waals surface area (Å²) in [5.74, 6) is 0.600. The maximum Gasteiger partial charge on any atom is 0.179 e. The molecule has 0 aromatic heterocycles. The van der Waals surface area contributed by atoms with E-state index in [2.05, 4.69) is 5.32 Å². The van der Waals surface area contributed by atoms with E-state index >= 15 is 0 Å². The normalized spacial score (nSPS) is 16.8. The zero-order valence-electron chi connectivity index (χ0n) is 13.8. The molecule has 1 unspecified atom stereocenters. The summed E-state index contributed by atoms with van der Waals surface area (Å²) >= 11 is 6.14. The maximum absolute atomic E-state index is 12.4. The van der Waals surface area contributed by atoms with Crippen LogP contribution in [0.25, 0.3) is 0 Å². The molecule has 0 fully saturated rings. The van der Waals surface area contributed by atoms with Crippen molar-refractivity contribution in [3.63, 3.8) is 0 Å². The number of aliphatic hydroxyl groups is 1. The van der Waals surface area contributed by atoms with Crippen LogP contribution in [0.3, 0.4) is 0 Å². The molecule has 0 amide bonds. The van der Waals surface area contributed by atoms with Crippen molar-refractivity contribution in [2.45, 2.75) is 30.9 Å². The molecule has 0 spiro atoms. The van der Waals surface area contributed by atoms with Gasteiger partial charge in [0.1, 0.15) is 5.75 Å². The minimum Gasteiger partial charge on any atom is -0.491 e. The molecule has 1 atom stereocenters. The fourth-order valence-corrected chi connectivity index (χ4v) is 4.66. The van der Waals surface area contributed by atoms with E-state index in [0.29, 0.717) is 24.3 Å². The number of hydrogen-bond donors (Lipinski definition) is 2. The number of nitrogens with one attached hydrogen (secondary N) is 1. The molecule has 7 heteroatoms. The second kappa shape index (κ2) is 7.23. The minimum atomic E-state index is -3.43. The number of hydrogen-bond acceptors (Lipinski definition) is 5. The summed E-state index contributed by atoms with van der Waals surface area (Å²) in [4.78, 5) is 0.164. The molecule has 2 aromatic carbocycles. The lowest BCUT2D eigenvalue weighted by atomic mass is 10.0. The molecule has 1 aliphatic heterocycles. The number of para-hydroxylation sites is 1. The highest BCUT2D eigenvalue weighted by atomic mass is 35.5. The van der Waals surface area contributed by atoms with E-state index in [-0.39, 0.29) is 22.2 Å². The van der Waals surface area contributed by atoms with Crippen LogP contribution in [-0.4, -0.2) is 25.9 Å². The van der Waals surface area contributed by atoms with Gasteiger partial charge in [-0.15, -0.1) is 0 Å². The predicted molar refractivity (Wildman–Crippen MR) is 98.0 cm³/mol. The number of aliphatic hydroxyl groups excluding tert-OH is 1. The van der Waals surface area contributed by atoms with E-state index in [1.54, 1.807) is 25.1 Å². The number of fused-ring (bicyclic) bond motifs is 1. The standard InChI is InChI=1S/C18H20ClNO4S/c1-2-25(22,23)18-12(5-3-7-14(18)19)11-20-15-8-4-6-13-16(21)9-10-24-17(13)15/h3-8,16,20-21H,2,9-11H2,1H3. The first kappa shape index (κ1) is 18.0. The molecule has 1 heterocycles. The Labute approximate surface area is 152 Å². The Morgan fingerprint density at radius 3 is 2.80 bits per heavy atom. The fraction of sp³-hybridized carbons (Fsp3) is 0.333. The molecule has 25 heavy (non-hydrogen) atoms. The average molecular weight is 382 g/mol. The Balaban J connectivity index is 1.92. The first-order valence-corrected chi connectivity index (χ1v) is 10.1. The van der Waals surface area contributed by atoms with Crippen LogP contribution >= 0.6 is 11.6 Å². The van der Waals surface area contributed by atoms with Crippen molar-refractivity contribution in [3.05, 3.63) is 52.5 Å². The number of halogens is 1. The van der Waals surface area contributed by atoms with E-state index in [4.69, 9.17) is 16.3 Å². The van der Waals surface area contributed by atoms with Crippen LogP contribution in [0.15, 0.2) is 41.3 Å². The van der Waals surface area contributed by atoms with Gasteiger partial charge in [-0.2, -0.15) is 0 Å². The lowest BCUT2D eigenvalue weighted by Crippen LogP contribution is -2.16. The van der Waals surface area contributed by atoms with E-state index in [1.807, 2.05) is 18.2 Å². The number of anilines is 1. The van der Waals surface area contributed by atoms with Crippen molar-refractivity contribution in [3.8, 4) is 5.75 Å². The third kappa shape index (κ3) is 3.61. The SMILES string of the molecule is CCS(=O)(=O)c1c(Cl)cccc1CNc1cccc2c1OCCC2O.